The minimum absolute atomic E-state index is 0.144. The number of carbonyl (C=O) groups excluding carboxylic acids is 1. The van der Waals surface area contributed by atoms with Gasteiger partial charge in [-0.3, -0.25) is 9.69 Å². The maximum Gasteiger partial charge on any atom is 0.416 e. The Morgan fingerprint density at radius 2 is 1.77 bits per heavy atom. The van der Waals surface area contributed by atoms with Crippen LogP contribution in [0.5, 0.6) is 0 Å². The fourth-order valence-electron chi connectivity index (χ4n) is 3.07. The Hall–Kier alpha value is -1.67. The second-order valence-electron chi connectivity index (χ2n) is 7.05. The van der Waals surface area contributed by atoms with E-state index in [1.165, 1.54) is 0 Å². The van der Waals surface area contributed by atoms with E-state index in [2.05, 4.69) is 24.1 Å². The summed E-state index contributed by atoms with van der Waals surface area (Å²) in [5.74, 6) is -0.699. The smallest absolute Gasteiger partial charge is 0.351 e. The van der Waals surface area contributed by atoms with E-state index in [0.29, 0.717) is 12.0 Å². The van der Waals surface area contributed by atoms with Gasteiger partial charge < -0.3 is 10.2 Å². The van der Waals surface area contributed by atoms with Crippen LogP contribution in [0.3, 0.4) is 0 Å². The SMILES string of the molecule is CC(C)CN1CCN(CC(=O)NCc2ccc(F)cc2C(F)(F)F)CC1. The summed E-state index contributed by atoms with van der Waals surface area (Å²) in [6.45, 7) is 8.47. The molecule has 2 rings (SSSR count). The predicted octanol–water partition coefficient (Wildman–Crippen LogP) is 2.73. The lowest BCUT2D eigenvalue weighted by atomic mass is 10.1. The minimum atomic E-state index is -4.66. The van der Waals surface area contributed by atoms with Crippen molar-refractivity contribution >= 4 is 5.91 Å². The first-order chi connectivity index (χ1) is 12.1. The molecule has 4 nitrogen and oxygen atoms in total. The third-order valence-electron chi connectivity index (χ3n) is 4.31. The standard InChI is InChI=1S/C18H25F4N3O/c1-13(2)11-24-5-7-25(8-6-24)12-17(26)23-10-14-3-4-15(19)9-16(14)18(20,21)22/h3-4,9,13H,5-8,10-12H2,1-2H3,(H,23,26). The van der Waals surface area contributed by atoms with Crippen LogP contribution in [0.2, 0.25) is 0 Å². The van der Waals surface area contributed by atoms with Gasteiger partial charge in [0.15, 0.2) is 0 Å². The summed E-state index contributed by atoms with van der Waals surface area (Å²) in [4.78, 5) is 16.4. The van der Waals surface area contributed by atoms with Crippen molar-refractivity contribution in [1.82, 2.24) is 15.1 Å². The summed E-state index contributed by atoms with van der Waals surface area (Å²) in [5.41, 5.74) is -1.20. The van der Waals surface area contributed by atoms with Crippen molar-refractivity contribution in [2.24, 2.45) is 5.92 Å². The third-order valence-corrected chi connectivity index (χ3v) is 4.31. The van der Waals surface area contributed by atoms with Crippen molar-refractivity contribution < 1.29 is 22.4 Å². The van der Waals surface area contributed by atoms with Gasteiger partial charge in [-0.1, -0.05) is 19.9 Å². The van der Waals surface area contributed by atoms with Crippen molar-refractivity contribution in [3.8, 4) is 0 Å². The second-order valence-corrected chi connectivity index (χ2v) is 7.05. The Balaban J connectivity index is 1.83. The van der Waals surface area contributed by atoms with Crippen LogP contribution in [0, 0.1) is 11.7 Å². The van der Waals surface area contributed by atoms with Gasteiger partial charge in [-0.25, -0.2) is 4.39 Å². The highest BCUT2D eigenvalue weighted by Crippen LogP contribution is 2.32. The molecule has 0 saturated carbocycles. The number of carbonyl (C=O) groups is 1. The lowest BCUT2D eigenvalue weighted by Crippen LogP contribution is -2.50. The first-order valence-corrected chi connectivity index (χ1v) is 8.72. The molecule has 0 aromatic heterocycles. The molecule has 0 bridgehead atoms. The fraction of sp³-hybridized carbons (Fsp3) is 0.611. The Bertz CT molecular complexity index is 611. The van der Waals surface area contributed by atoms with Gasteiger partial charge in [0.25, 0.3) is 0 Å². The van der Waals surface area contributed by atoms with Crippen molar-refractivity contribution in [2.45, 2.75) is 26.6 Å². The van der Waals surface area contributed by atoms with E-state index in [4.69, 9.17) is 0 Å². The predicted molar refractivity (Wildman–Crippen MR) is 91.0 cm³/mol. The monoisotopic (exact) mass is 375 g/mol. The van der Waals surface area contributed by atoms with Gasteiger partial charge in [-0.05, 0) is 23.6 Å². The second kappa shape index (κ2) is 8.81. The van der Waals surface area contributed by atoms with Crippen LogP contribution in [0.1, 0.15) is 25.0 Å². The number of nitrogens with one attached hydrogen (secondary N) is 1. The molecule has 0 spiro atoms. The van der Waals surface area contributed by atoms with Crippen molar-refractivity contribution in [1.29, 1.82) is 0 Å². The van der Waals surface area contributed by atoms with E-state index >= 15 is 0 Å². The quantitative estimate of drug-likeness (QED) is 0.777. The highest BCUT2D eigenvalue weighted by Gasteiger charge is 2.33. The van der Waals surface area contributed by atoms with E-state index < -0.39 is 17.6 Å². The largest absolute Gasteiger partial charge is 0.416 e. The third kappa shape index (κ3) is 6.25. The molecule has 146 valence electrons. The maximum absolute atomic E-state index is 13.1. The number of benzene rings is 1. The lowest BCUT2D eigenvalue weighted by molar-refractivity contribution is -0.138. The number of nitrogens with zero attached hydrogens (tertiary/aromatic N) is 2. The first-order valence-electron chi connectivity index (χ1n) is 8.72. The van der Waals surface area contributed by atoms with E-state index in [-0.39, 0.29) is 24.6 Å². The van der Waals surface area contributed by atoms with Gasteiger partial charge in [0.1, 0.15) is 5.82 Å². The molecule has 1 amide bonds. The van der Waals surface area contributed by atoms with Crippen LogP contribution in [0.4, 0.5) is 17.6 Å². The Morgan fingerprint density at radius 1 is 1.15 bits per heavy atom. The molecule has 1 aliphatic rings. The Labute approximate surface area is 151 Å². The molecule has 26 heavy (non-hydrogen) atoms. The molecule has 1 N–H and O–H groups in total. The molecule has 1 fully saturated rings. The van der Waals surface area contributed by atoms with E-state index in [0.717, 1.165) is 44.9 Å². The first kappa shape index (κ1) is 20.6. The molecule has 0 aliphatic carbocycles. The number of alkyl halides is 3. The van der Waals surface area contributed by atoms with E-state index in [1.54, 1.807) is 0 Å². The van der Waals surface area contributed by atoms with Gasteiger partial charge in [-0.2, -0.15) is 13.2 Å². The lowest BCUT2D eigenvalue weighted by Gasteiger charge is -2.35. The number of rotatable bonds is 6. The zero-order chi connectivity index (χ0) is 19.3. The van der Waals surface area contributed by atoms with Crippen LogP contribution in [0.15, 0.2) is 18.2 Å². The summed E-state index contributed by atoms with van der Waals surface area (Å²) < 4.78 is 52.0. The number of hydrogen-bond acceptors (Lipinski definition) is 3. The normalized spacial score (nSPS) is 16.9. The van der Waals surface area contributed by atoms with Gasteiger partial charge in [0.2, 0.25) is 5.91 Å². The molecule has 0 radical (unpaired) electrons. The van der Waals surface area contributed by atoms with Crippen molar-refractivity contribution in [2.75, 3.05) is 39.3 Å². The molecule has 1 aromatic carbocycles. The van der Waals surface area contributed by atoms with Gasteiger partial charge >= 0.3 is 6.18 Å². The molecule has 0 unspecified atom stereocenters. The Kier molecular flexibility index (Phi) is 7.00. The summed E-state index contributed by atoms with van der Waals surface area (Å²) in [6.07, 6.45) is -4.66. The summed E-state index contributed by atoms with van der Waals surface area (Å²) in [6, 6.07) is 2.48. The topological polar surface area (TPSA) is 35.6 Å². The Morgan fingerprint density at radius 3 is 2.35 bits per heavy atom. The van der Waals surface area contributed by atoms with Gasteiger partial charge in [0, 0.05) is 39.3 Å². The minimum Gasteiger partial charge on any atom is -0.351 e. The van der Waals surface area contributed by atoms with E-state index in [9.17, 15) is 22.4 Å². The molecular formula is C18H25F4N3O. The summed E-state index contributed by atoms with van der Waals surface area (Å²) >= 11 is 0. The summed E-state index contributed by atoms with van der Waals surface area (Å²) in [7, 11) is 0. The molecule has 1 aliphatic heterocycles. The molecule has 8 heteroatoms. The molecular weight excluding hydrogens is 350 g/mol. The molecule has 0 atom stereocenters. The fourth-order valence-corrected chi connectivity index (χ4v) is 3.07. The van der Waals surface area contributed by atoms with E-state index in [1.807, 2.05) is 4.90 Å². The van der Waals surface area contributed by atoms with Crippen LogP contribution < -0.4 is 5.32 Å². The number of piperazine rings is 1. The zero-order valence-electron chi connectivity index (χ0n) is 15.1. The highest BCUT2D eigenvalue weighted by molar-refractivity contribution is 5.78. The van der Waals surface area contributed by atoms with Crippen LogP contribution in [-0.2, 0) is 17.5 Å². The maximum atomic E-state index is 13.1. The highest BCUT2D eigenvalue weighted by atomic mass is 19.4. The van der Waals surface area contributed by atoms with Crippen molar-refractivity contribution in [3.63, 3.8) is 0 Å². The number of amides is 1. The van der Waals surface area contributed by atoms with Crippen LogP contribution in [-0.4, -0.2) is 55.0 Å². The molecule has 1 heterocycles. The van der Waals surface area contributed by atoms with Crippen molar-refractivity contribution in [3.05, 3.63) is 35.1 Å². The summed E-state index contributed by atoms with van der Waals surface area (Å²) in [5, 5.41) is 2.50. The molecule has 1 aromatic rings. The number of halogens is 4. The van der Waals surface area contributed by atoms with Gasteiger partial charge in [0.05, 0.1) is 12.1 Å². The van der Waals surface area contributed by atoms with Crippen LogP contribution >= 0.6 is 0 Å². The number of hydrogen-bond donors (Lipinski definition) is 1. The average Bonchev–Trinajstić information content (AvgIpc) is 2.54. The zero-order valence-corrected chi connectivity index (χ0v) is 15.1. The van der Waals surface area contributed by atoms with Gasteiger partial charge in [-0.15, -0.1) is 0 Å². The van der Waals surface area contributed by atoms with Crippen LogP contribution in [0.25, 0.3) is 0 Å². The average molecular weight is 375 g/mol. The molecule has 1 saturated heterocycles.